The van der Waals surface area contributed by atoms with Crippen LogP contribution in [0.3, 0.4) is 0 Å². The van der Waals surface area contributed by atoms with E-state index < -0.39 is 5.97 Å². The molecular weight excluding hydrogens is 324 g/mol. The molecule has 2 amide bonds. The third-order valence-electron chi connectivity index (χ3n) is 3.73. The topological polar surface area (TPSA) is 99.7 Å². The van der Waals surface area contributed by atoms with E-state index in [2.05, 4.69) is 11.1 Å². The van der Waals surface area contributed by atoms with Crippen LogP contribution in [0.2, 0.25) is 0 Å². The highest BCUT2D eigenvalue weighted by atomic mass is 16.5. The molecule has 1 aliphatic heterocycles. The highest BCUT2D eigenvalue weighted by Gasteiger charge is 2.33. The average Bonchev–Trinajstić information content (AvgIpc) is 3.23. The fourth-order valence-electron chi connectivity index (χ4n) is 2.55. The number of urea groups is 1. The quantitative estimate of drug-likeness (QED) is 0.773. The summed E-state index contributed by atoms with van der Waals surface area (Å²) in [6.07, 6.45) is 1.18. The number of nitrogens with zero attached hydrogens (tertiary/aromatic N) is 4. The van der Waals surface area contributed by atoms with Crippen LogP contribution < -0.4 is 4.90 Å². The molecule has 0 N–H and O–H groups in total. The Morgan fingerprint density at radius 3 is 3.04 bits per heavy atom. The summed E-state index contributed by atoms with van der Waals surface area (Å²) in [4.78, 5) is 31.2. The minimum absolute atomic E-state index is 0.0322. The number of carbonyl (C=O) groups excluding carboxylic acids is 2. The normalized spacial score (nSPS) is 13.8. The predicted octanol–water partition coefficient (Wildman–Crippen LogP) is 2.17. The van der Waals surface area contributed by atoms with Crippen molar-refractivity contribution in [3.05, 3.63) is 47.3 Å². The number of esters is 1. The summed E-state index contributed by atoms with van der Waals surface area (Å²) in [5, 5.41) is 8.95. The predicted molar refractivity (Wildman–Crippen MR) is 86.8 cm³/mol. The van der Waals surface area contributed by atoms with Crippen LogP contribution in [0.25, 0.3) is 0 Å². The average molecular weight is 340 g/mol. The van der Waals surface area contributed by atoms with E-state index in [1.807, 2.05) is 6.07 Å². The van der Waals surface area contributed by atoms with Gasteiger partial charge >= 0.3 is 18.0 Å². The van der Waals surface area contributed by atoms with Gasteiger partial charge in [0.25, 0.3) is 0 Å². The molecule has 1 aliphatic rings. The molecule has 8 heteroatoms. The molecule has 0 bridgehead atoms. The van der Waals surface area contributed by atoms with E-state index in [9.17, 15) is 9.59 Å². The lowest BCUT2D eigenvalue weighted by atomic mass is 10.1. The minimum atomic E-state index is -0.589. The summed E-state index contributed by atoms with van der Waals surface area (Å²) in [5.41, 5.74) is 1.45. The summed E-state index contributed by atoms with van der Waals surface area (Å²) in [5.74, 6) is -0.589. The number of oxazole rings is 1. The molecule has 0 aliphatic carbocycles. The van der Waals surface area contributed by atoms with Gasteiger partial charge in [-0.1, -0.05) is 12.1 Å². The third kappa shape index (κ3) is 3.45. The molecule has 2 aromatic rings. The van der Waals surface area contributed by atoms with E-state index in [0.717, 1.165) is 5.56 Å². The Labute approximate surface area is 144 Å². The van der Waals surface area contributed by atoms with E-state index in [4.69, 9.17) is 14.4 Å². The first-order valence-electron chi connectivity index (χ1n) is 7.80. The monoisotopic (exact) mass is 340 g/mol. The standard InChI is InChI=1S/C17H16N4O4/c1-2-24-15(22)14-11-25-16(19-14)21-7-6-20(17(21)23)10-13-5-3-4-12(8-13)9-18/h3-5,8,11H,2,6-7,10H2,1H3. The van der Waals surface area contributed by atoms with Gasteiger partial charge in [0.1, 0.15) is 6.26 Å². The molecule has 2 heterocycles. The molecule has 8 nitrogen and oxygen atoms in total. The summed E-state index contributed by atoms with van der Waals surface area (Å²) >= 11 is 0. The van der Waals surface area contributed by atoms with Gasteiger partial charge in [0, 0.05) is 19.6 Å². The molecular formula is C17H16N4O4. The minimum Gasteiger partial charge on any atom is -0.461 e. The molecule has 1 aromatic heterocycles. The number of carbonyl (C=O) groups is 2. The van der Waals surface area contributed by atoms with Crippen LogP contribution in [-0.2, 0) is 11.3 Å². The van der Waals surface area contributed by atoms with Gasteiger partial charge in [-0.15, -0.1) is 0 Å². The molecule has 0 atom stereocenters. The number of rotatable bonds is 5. The second kappa shape index (κ2) is 7.05. The largest absolute Gasteiger partial charge is 0.461 e. The Bertz CT molecular complexity index is 839. The van der Waals surface area contributed by atoms with Crippen molar-refractivity contribution < 1.29 is 18.7 Å². The maximum Gasteiger partial charge on any atom is 0.360 e. The number of nitriles is 1. The Hall–Kier alpha value is -3.34. The van der Waals surface area contributed by atoms with Gasteiger partial charge in [0.15, 0.2) is 5.69 Å². The van der Waals surface area contributed by atoms with Gasteiger partial charge in [-0.3, -0.25) is 0 Å². The molecule has 1 saturated heterocycles. The van der Waals surface area contributed by atoms with Crippen molar-refractivity contribution in [3.8, 4) is 6.07 Å². The van der Waals surface area contributed by atoms with Crippen molar-refractivity contribution in [2.45, 2.75) is 13.5 Å². The van der Waals surface area contributed by atoms with Crippen LogP contribution in [0.5, 0.6) is 0 Å². The zero-order valence-electron chi connectivity index (χ0n) is 13.6. The number of aromatic nitrogens is 1. The fraction of sp³-hybridized carbons (Fsp3) is 0.294. The Balaban J connectivity index is 1.69. The smallest absolute Gasteiger partial charge is 0.360 e. The molecule has 0 spiro atoms. The van der Waals surface area contributed by atoms with Crippen molar-refractivity contribution in [1.29, 1.82) is 5.26 Å². The van der Waals surface area contributed by atoms with Crippen molar-refractivity contribution in [3.63, 3.8) is 0 Å². The van der Waals surface area contributed by atoms with E-state index in [0.29, 0.717) is 25.2 Å². The number of hydrogen-bond donors (Lipinski definition) is 0. The van der Waals surface area contributed by atoms with Crippen LogP contribution in [0, 0.1) is 11.3 Å². The van der Waals surface area contributed by atoms with Gasteiger partial charge in [0.05, 0.1) is 18.2 Å². The molecule has 0 unspecified atom stereocenters. The summed E-state index contributed by atoms with van der Waals surface area (Å²) in [7, 11) is 0. The molecule has 0 radical (unpaired) electrons. The lowest BCUT2D eigenvalue weighted by Gasteiger charge is -2.16. The molecule has 128 valence electrons. The number of hydrogen-bond acceptors (Lipinski definition) is 6. The number of benzene rings is 1. The second-order valence-electron chi connectivity index (χ2n) is 5.40. The van der Waals surface area contributed by atoms with Crippen LogP contribution in [-0.4, -0.2) is 41.6 Å². The van der Waals surface area contributed by atoms with E-state index in [-0.39, 0.29) is 24.3 Å². The zero-order valence-corrected chi connectivity index (χ0v) is 13.6. The van der Waals surface area contributed by atoms with Gasteiger partial charge in [-0.2, -0.15) is 10.2 Å². The highest BCUT2D eigenvalue weighted by molar-refractivity contribution is 5.93. The third-order valence-corrected chi connectivity index (χ3v) is 3.73. The van der Waals surface area contributed by atoms with E-state index >= 15 is 0 Å². The SMILES string of the molecule is CCOC(=O)c1coc(N2CCN(Cc3cccc(C#N)c3)C2=O)n1. The fourth-order valence-corrected chi connectivity index (χ4v) is 2.55. The first kappa shape index (κ1) is 16.5. The van der Waals surface area contributed by atoms with Crippen molar-refractivity contribution >= 4 is 18.0 Å². The summed E-state index contributed by atoms with van der Waals surface area (Å²) in [6, 6.07) is 8.99. The maximum absolute atomic E-state index is 12.5. The molecule has 1 aromatic carbocycles. The Morgan fingerprint density at radius 2 is 2.28 bits per heavy atom. The first-order valence-corrected chi connectivity index (χ1v) is 7.80. The Kier molecular flexibility index (Phi) is 4.66. The van der Waals surface area contributed by atoms with Crippen LogP contribution in [0.4, 0.5) is 10.8 Å². The van der Waals surface area contributed by atoms with Crippen LogP contribution >= 0.6 is 0 Å². The lowest BCUT2D eigenvalue weighted by molar-refractivity contribution is 0.0519. The molecule has 1 fully saturated rings. The first-order chi connectivity index (χ1) is 12.1. The second-order valence-corrected chi connectivity index (χ2v) is 5.40. The van der Waals surface area contributed by atoms with Crippen molar-refractivity contribution in [2.75, 3.05) is 24.6 Å². The summed E-state index contributed by atoms with van der Waals surface area (Å²) in [6.45, 7) is 3.21. The number of ether oxygens (including phenoxy) is 1. The van der Waals surface area contributed by atoms with Crippen molar-refractivity contribution in [2.24, 2.45) is 0 Å². The summed E-state index contributed by atoms with van der Waals surface area (Å²) < 4.78 is 10.1. The van der Waals surface area contributed by atoms with E-state index in [1.165, 1.54) is 11.2 Å². The van der Waals surface area contributed by atoms with Crippen LogP contribution in [0.1, 0.15) is 28.5 Å². The zero-order chi connectivity index (χ0) is 17.8. The van der Waals surface area contributed by atoms with Gasteiger partial charge < -0.3 is 14.1 Å². The Morgan fingerprint density at radius 1 is 1.44 bits per heavy atom. The van der Waals surface area contributed by atoms with Gasteiger partial charge in [-0.25, -0.2) is 14.5 Å². The maximum atomic E-state index is 12.5. The van der Waals surface area contributed by atoms with Crippen molar-refractivity contribution in [1.82, 2.24) is 9.88 Å². The number of amides is 2. The molecule has 3 rings (SSSR count). The molecule has 0 saturated carbocycles. The lowest BCUT2D eigenvalue weighted by Crippen LogP contribution is -2.31. The highest BCUT2D eigenvalue weighted by Crippen LogP contribution is 2.21. The van der Waals surface area contributed by atoms with Gasteiger partial charge in [0.2, 0.25) is 0 Å². The van der Waals surface area contributed by atoms with Gasteiger partial charge in [-0.05, 0) is 24.6 Å². The molecule has 25 heavy (non-hydrogen) atoms. The van der Waals surface area contributed by atoms with E-state index in [1.54, 1.807) is 30.0 Å². The number of anilines is 1. The van der Waals surface area contributed by atoms with Crippen LogP contribution in [0.15, 0.2) is 34.9 Å².